The Balaban J connectivity index is 2.06. The zero-order valence-corrected chi connectivity index (χ0v) is 13.5. The summed E-state index contributed by atoms with van der Waals surface area (Å²) in [6, 6.07) is 6.43. The molecule has 1 saturated heterocycles. The van der Waals surface area contributed by atoms with Crippen LogP contribution in [0.25, 0.3) is 0 Å². The zero-order valence-electron chi connectivity index (χ0n) is 12.7. The third kappa shape index (κ3) is 3.09. The van der Waals surface area contributed by atoms with Gasteiger partial charge in [0, 0.05) is 13.1 Å². The quantitative estimate of drug-likeness (QED) is 0.849. The minimum absolute atomic E-state index is 0.0847. The summed E-state index contributed by atoms with van der Waals surface area (Å²) in [5, 5.41) is -0.240. The van der Waals surface area contributed by atoms with Gasteiger partial charge in [-0.1, -0.05) is 17.7 Å². The first-order valence-electron chi connectivity index (χ1n) is 7.22. The van der Waals surface area contributed by atoms with Crippen LogP contribution in [0.1, 0.15) is 11.5 Å². The van der Waals surface area contributed by atoms with E-state index in [0.29, 0.717) is 26.3 Å². The third-order valence-corrected chi connectivity index (χ3v) is 5.29. The lowest BCUT2D eigenvalue weighted by atomic mass is 10.2. The normalized spacial score (nSPS) is 15.8. The summed E-state index contributed by atoms with van der Waals surface area (Å²) >= 11 is 0. The Kier molecular flexibility index (Phi) is 4.36. The fourth-order valence-corrected chi connectivity index (χ4v) is 3.71. The van der Waals surface area contributed by atoms with Gasteiger partial charge >= 0.3 is 0 Å². The van der Waals surface area contributed by atoms with Gasteiger partial charge in [-0.25, -0.2) is 12.8 Å². The van der Waals surface area contributed by atoms with Crippen LogP contribution in [0.4, 0.5) is 10.3 Å². The average molecular weight is 340 g/mol. The number of aryl methyl sites for hydroxylation is 1. The van der Waals surface area contributed by atoms with E-state index in [2.05, 4.69) is 4.98 Å². The van der Waals surface area contributed by atoms with Crippen LogP contribution in [-0.2, 0) is 21.2 Å². The molecule has 2 heterocycles. The molecule has 0 atom stereocenters. The molecule has 0 amide bonds. The van der Waals surface area contributed by atoms with Gasteiger partial charge < -0.3 is 14.1 Å². The van der Waals surface area contributed by atoms with E-state index in [1.807, 2.05) is 6.92 Å². The molecule has 2 aromatic rings. The van der Waals surface area contributed by atoms with Gasteiger partial charge in [0.15, 0.2) is 6.67 Å². The van der Waals surface area contributed by atoms with Crippen LogP contribution in [0, 0.1) is 6.92 Å². The first-order valence-corrected chi connectivity index (χ1v) is 8.71. The Labute approximate surface area is 133 Å². The van der Waals surface area contributed by atoms with Crippen molar-refractivity contribution in [2.45, 2.75) is 23.5 Å². The Morgan fingerprint density at radius 2 is 1.87 bits per heavy atom. The smallest absolute Gasteiger partial charge is 0.236 e. The van der Waals surface area contributed by atoms with E-state index in [-0.39, 0.29) is 21.7 Å². The predicted octanol–water partition coefficient (Wildman–Crippen LogP) is 2.12. The number of halogens is 1. The molecule has 0 spiro atoms. The van der Waals surface area contributed by atoms with E-state index < -0.39 is 16.5 Å². The number of morpholine rings is 1. The number of rotatable bonds is 4. The van der Waals surface area contributed by atoms with Gasteiger partial charge in [0.2, 0.25) is 26.6 Å². The van der Waals surface area contributed by atoms with Crippen LogP contribution < -0.4 is 4.90 Å². The van der Waals surface area contributed by atoms with Crippen LogP contribution in [0.15, 0.2) is 38.6 Å². The first-order chi connectivity index (χ1) is 11.0. The summed E-state index contributed by atoms with van der Waals surface area (Å²) in [7, 11) is -3.88. The highest BCUT2D eigenvalue weighted by atomic mass is 32.2. The van der Waals surface area contributed by atoms with Gasteiger partial charge in [-0.3, -0.25) is 0 Å². The van der Waals surface area contributed by atoms with E-state index in [1.165, 1.54) is 12.1 Å². The Bertz CT molecular complexity index is 780. The number of alkyl halides is 1. The summed E-state index contributed by atoms with van der Waals surface area (Å²) < 4.78 is 49.2. The highest BCUT2D eigenvalue weighted by Crippen LogP contribution is 2.31. The highest BCUT2D eigenvalue weighted by Gasteiger charge is 2.31. The van der Waals surface area contributed by atoms with Crippen molar-refractivity contribution in [3.8, 4) is 0 Å². The Hall–Kier alpha value is -1.93. The molecule has 23 heavy (non-hydrogen) atoms. The number of benzene rings is 1. The van der Waals surface area contributed by atoms with Gasteiger partial charge in [0.25, 0.3) is 0 Å². The number of sulfone groups is 1. The fraction of sp³-hybridized carbons (Fsp3) is 0.400. The molecule has 0 radical (unpaired) electrons. The van der Waals surface area contributed by atoms with E-state index in [0.717, 1.165) is 5.56 Å². The summed E-state index contributed by atoms with van der Waals surface area (Å²) in [5.41, 5.74) is 0.946. The number of anilines is 1. The monoisotopic (exact) mass is 340 g/mol. The SMILES string of the molecule is Cc1ccc(S(=O)(=O)c2nc(CF)oc2N2CCOCC2)cc1. The molecule has 6 nitrogen and oxygen atoms in total. The van der Waals surface area contributed by atoms with Crippen molar-refractivity contribution in [3.63, 3.8) is 0 Å². The minimum Gasteiger partial charge on any atom is -0.421 e. The fourth-order valence-electron chi connectivity index (χ4n) is 2.37. The van der Waals surface area contributed by atoms with Crippen molar-refractivity contribution in [1.82, 2.24) is 4.98 Å². The third-order valence-electron chi connectivity index (χ3n) is 3.62. The van der Waals surface area contributed by atoms with Crippen molar-refractivity contribution < 1.29 is 22.0 Å². The Morgan fingerprint density at radius 1 is 1.22 bits per heavy atom. The molecule has 1 aliphatic rings. The number of nitrogens with zero attached hydrogens (tertiary/aromatic N) is 2. The molecule has 1 aromatic carbocycles. The molecule has 1 aliphatic heterocycles. The van der Waals surface area contributed by atoms with E-state index >= 15 is 0 Å². The molecule has 1 fully saturated rings. The standard InChI is InChI=1S/C15H17FN2O4S/c1-11-2-4-12(5-3-11)23(19,20)14-15(22-13(10-16)17-14)18-6-8-21-9-7-18/h2-5H,6-10H2,1H3. The summed E-state index contributed by atoms with van der Waals surface area (Å²) in [4.78, 5) is 5.69. The topological polar surface area (TPSA) is 72.6 Å². The van der Waals surface area contributed by atoms with E-state index in [9.17, 15) is 12.8 Å². The van der Waals surface area contributed by atoms with Gasteiger partial charge in [-0.15, -0.1) is 0 Å². The van der Waals surface area contributed by atoms with Crippen molar-refractivity contribution >= 4 is 15.7 Å². The van der Waals surface area contributed by atoms with Crippen molar-refractivity contribution in [2.24, 2.45) is 0 Å². The van der Waals surface area contributed by atoms with Crippen molar-refractivity contribution in [1.29, 1.82) is 0 Å². The number of aromatic nitrogens is 1. The second-order valence-electron chi connectivity index (χ2n) is 5.27. The maximum absolute atomic E-state index is 12.9. The summed E-state index contributed by atoms with van der Waals surface area (Å²) in [5.74, 6) is -0.154. The average Bonchev–Trinajstić information content (AvgIpc) is 3.01. The van der Waals surface area contributed by atoms with Crippen LogP contribution in [0.5, 0.6) is 0 Å². The van der Waals surface area contributed by atoms with Gasteiger partial charge in [0.1, 0.15) is 0 Å². The molecule has 0 aliphatic carbocycles. The Morgan fingerprint density at radius 3 is 2.48 bits per heavy atom. The minimum atomic E-state index is -3.88. The summed E-state index contributed by atoms with van der Waals surface area (Å²) in [6.07, 6.45) is 0. The molecular formula is C15H17FN2O4S. The molecule has 0 unspecified atom stereocenters. The molecular weight excluding hydrogens is 323 g/mol. The van der Waals surface area contributed by atoms with Crippen molar-refractivity contribution in [2.75, 3.05) is 31.2 Å². The molecule has 0 bridgehead atoms. The lowest BCUT2D eigenvalue weighted by Crippen LogP contribution is -2.36. The summed E-state index contributed by atoms with van der Waals surface area (Å²) in [6.45, 7) is 2.76. The van der Waals surface area contributed by atoms with Crippen LogP contribution in [-0.4, -0.2) is 39.7 Å². The molecule has 8 heteroatoms. The van der Waals surface area contributed by atoms with Gasteiger partial charge in [0.05, 0.1) is 18.1 Å². The molecule has 0 N–H and O–H groups in total. The van der Waals surface area contributed by atoms with E-state index in [1.54, 1.807) is 17.0 Å². The van der Waals surface area contributed by atoms with Crippen LogP contribution >= 0.6 is 0 Å². The maximum atomic E-state index is 12.9. The van der Waals surface area contributed by atoms with Gasteiger partial charge in [-0.2, -0.15) is 4.98 Å². The number of ether oxygens (including phenoxy) is 1. The molecule has 1 aromatic heterocycles. The zero-order chi connectivity index (χ0) is 16.4. The lowest BCUT2D eigenvalue weighted by molar-refractivity contribution is 0.120. The number of hydrogen-bond donors (Lipinski definition) is 0. The second-order valence-corrected chi connectivity index (χ2v) is 7.13. The highest BCUT2D eigenvalue weighted by molar-refractivity contribution is 7.91. The van der Waals surface area contributed by atoms with E-state index in [4.69, 9.17) is 9.15 Å². The second kappa shape index (κ2) is 6.29. The number of hydrogen-bond acceptors (Lipinski definition) is 6. The molecule has 124 valence electrons. The molecule has 0 saturated carbocycles. The molecule has 3 rings (SSSR count). The van der Waals surface area contributed by atoms with Crippen LogP contribution in [0.2, 0.25) is 0 Å². The van der Waals surface area contributed by atoms with Crippen molar-refractivity contribution in [3.05, 3.63) is 35.7 Å². The maximum Gasteiger partial charge on any atom is 0.236 e. The largest absolute Gasteiger partial charge is 0.421 e. The lowest BCUT2D eigenvalue weighted by Gasteiger charge is -2.26. The number of oxazole rings is 1. The first kappa shape index (κ1) is 15.9. The van der Waals surface area contributed by atoms with Crippen LogP contribution in [0.3, 0.4) is 0 Å². The van der Waals surface area contributed by atoms with Gasteiger partial charge in [-0.05, 0) is 19.1 Å². The predicted molar refractivity (Wildman–Crippen MR) is 81.0 cm³/mol.